The molecule has 1 heterocycles. The minimum atomic E-state index is -0.344. The zero-order chi connectivity index (χ0) is 14.4. The third kappa shape index (κ3) is 2.18. The fourth-order valence-corrected chi connectivity index (χ4v) is 4.08. The van der Waals surface area contributed by atoms with Gasteiger partial charge >= 0.3 is 0 Å². The van der Waals surface area contributed by atoms with Crippen molar-refractivity contribution in [1.82, 2.24) is 20.2 Å². The van der Waals surface area contributed by atoms with Crippen LogP contribution in [-0.4, -0.2) is 20.2 Å². The van der Waals surface area contributed by atoms with Gasteiger partial charge in [-0.2, -0.15) is 0 Å². The summed E-state index contributed by atoms with van der Waals surface area (Å²) in [6.45, 7) is 0.834. The predicted octanol–water partition coefficient (Wildman–Crippen LogP) is 2.50. The third-order valence-electron chi connectivity index (χ3n) is 5.08. The number of nitrogen functional groups attached to an aromatic ring is 1. The first-order chi connectivity index (χ1) is 10.2. The first kappa shape index (κ1) is 12.7. The van der Waals surface area contributed by atoms with Gasteiger partial charge in [-0.15, -0.1) is 5.10 Å². The molecule has 2 bridgehead atoms. The second-order valence-corrected chi connectivity index (χ2v) is 6.35. The van der Waals surface area contributed by atoms with E-state index in [-0.39, 0.29) is 5.82 Å². The largest absolute Gasteiger partial charge is 0.398 e. The van der Waals surface area contributed by atoms with Crippen LogP contribution in [-0.2, 0) is 6.54 Å². The summed E-state index contributed by atoms with van der Waals surface area (Å²) in [5, 5.41) is 12.0. The highest BCUT2D eigenvalue weighted by Crippen LogP contribution is 2.48. The highest BCUT2D eigenvalue weighted by Gasteiger charge is 2.39. The molecule has 1 aromatic heterocycles. The number of fused-ring (bicyclic) bond motifs is 2. The van der Waals surface area contributed by atoms with Crippen molar-refractivity contribution in [2.75, 3.05) is 5.73 Å². The molecule has 2 fully saturated rings. The SMILES string of the molecule is Nc1cc(F)ccc1-c1nnnn1CC1CC2CCC1C2. The zero-order valence-electron chi connectivity index (χ0n) is 11.7. The Morgan fingerprint density at radius 1 is 1.29 bits per heavy atom. The second-order valence-electron chi connectivity index (χ2n) is 6.35. The molecule has 0 saturated heterocycles. The van der Waals surface area contributed by atoms with Crippen molar-refractivity contribution < 1.29 is 4.39 Å². The van der Waals surface area contributed by atoms with Gasteiger partial charge in [-0.05, 0) is 65.6 Å². The average Bonchev–Trinajstić information content (AvgIpc) is 3.15. The molecule has 2 aliphatic rings. The van der Waals surface area contributed by atoms with E-state index in [1.165, 1.54) is 37.8 Å². The van der Waals surface area contributed by atoms with Crippen molar-refractivity contribution in [1.29, 1.82) is 0 Å². The normalized spacial score (nSPS) is 27.4. The number of hydrogen-bond acceptors (Lipinski definition) is 4. The maximum Gasteiger partial charge on any atom is 0.184 e. The van der Waals surface area contributed by atoms with Gasteiger partial charge in [-0.25, -0.2) is 9.07 Å². The van der Waals surface area contributed by atoms with Gasteiger partial charge < -0.3 is 5.73 Å². The molecule has 0 aliphatic heterocycles. The second kappa shape index (κ2) is 4.79. The number of aromatic nitrogens is 4. The van der Waals surface area contributed by atoms with Gasteiger partial charge in [0.1, 0.15) is 5.82 Å². The van der Waals surface area contributed by atoms with E-state index in [2.05, 4.69) is 15.5 Å². The molecule has 3 unspecified atom stereocenters. The van der Waals surface area contributed by atoms with Crippen LogP contribution in [0.5, 0.6) is 0 Å². The zero-order valence-corrected chi connectivity index (χ0v) is 11.7. The van der Waals surface area contributed by atoms with Crippen LogP contribution in [0.2, 0.25) is 0 Å². The van der Waals surface area contributed by atoms with Gasteiger partial charge in [0.05, 0.1) is 0 Å². The Bertz CT molecular complexity index is 668. The molecule has 0 radical (unpaired) electrons. The lowest BCUT2D eigenvalue weighted by atomic mass is 9.89. The maximum atomic E-state index is 13.2. The van der Waals surface area contributed by atoms with Gasteiger partial charge in [0, 0.05) is 17.8 Å². The summed E-state index contributed by atoms with van der Waals surface area (Å²) >= 11 is 0. The summed E-state index contributed by atoms with van der Waals surface area (Å²) in [5.74, 6) is 2.67. The molecule has 6 heteroatoms. The van der Waals surface area contributed by atoms with Gasteiger partial charge in [-0.1, -0.05) is 6.42 Å². The molecule has 110 valence electrons. The summed E-state index contributed by atoms with van der Waals surface area (Å²) in [5.41, 5.74) is 6.97. The summed E-state index contributed by atoms with van der Waals surface area (Å²) in [7, 11) is 0. The summed E-state index contributed by atoms with van der Waals surface area (Å²) in [4.78, 5) is 0. The Morgan fingerprint density at radius 2 is 2.19 bits per heavy atom. The standard InChI is InChI=1S/C15H18FN5/c16-12-3-4-13(14(17)7-12)15-18-19-20-21(15)8-11-6-9-1-2-10(11)5-9/h3-4,7,9-11H,1-2,5-6,8,17H2. The lowest BCUT2D eigenvalue weighted by Crippen LogP contribution is -2.19. The van der Waals surface area contributed by atoms with E-state index < -0.39 is 0 Å². The van der Waals surface area contributed by atoms with Crippen LogP contribution >= 0.6 is 0 Å². The minimum absolute atomic E-state index is 0.344. The Kier molecular flexibility index (Phi) is 2.90. The molecule has 5 nitrogen and oxygen atoms in total. The van der Waals surface area contributed by atoms with E-state index >= 15 is 0 Å². The summed E-state index contributed by atoms with van der Waals surface area (Å²) in [6.07, 6.45) is 5.36. The number of benzene rings is 1. The number of nitrogens with zero attached hydrogens (tertiary/aromatic N) is 4. The van der Waals surface area contributed by atoms with E-state index in [1.54, 1.807) is 6.07 Å². The van der Waals surface area contributed by atoms with Crippen molar-refractivity contribution in [2.24, 2.45) is 17.8 Å². The van der Waals surface area contributed by atoms with Gasteiger partial charge in [-0.3, -0.25) is 0 Å². The third-order valence-corrected chi connectivity index (χ3v) is 5.08. The topological polar surface area (TPSA) is 69.6 Å². The molecular formula is C15H18FN5. The van der Waals surface area contributed by atoms with E-state index in [0.717, 1.165) is 18.4 Å². The molecule has 1 aromatic carbocycles. The molecule has 4 rings (SSSR count). The smallest absolute Gasteiger partial charge is 0.184 e. The predicted molar refractivity (Wildman–Crippen MR) is 76.6 cm³/mol. The Hall–Kier alpha value is -1.98. The lowest BCUT2D eigenvalue weighted by molar-refractivity contribution is 0.284. The Labute approximate surface area is 122 Å². The first-order valence-corrected chi connectivity index (χ1v) is 7.52. The van der Waals surface area contributed by atoms with Crippen LogP contribution in [0.1, 0.15) is 25.7 Å². The van der Waals surface area contributed by atoms with Crippen molar-refractivity contribution >= 4 is 5.69 Å². The maximum absolute atomic E-state index is 13.2. The molecule has 2 N–H and O–H groups in total. The van der Waals surface area contributed by atoms with Crippen LogP contribution in [0, 0.1) is 23.6 Å². The minimum Gasteiger partial charge on any atom is -0.398 e. The highest BCUT2D eigenvalue weighted by atomic mass is 19.1. The van der Waals surface area contributed by atoms with E-state index in [0.29, 0.717) is 23.0 Å². The number of hydrogen-bond donors (Lipinski definition) is 1. The number of halogens is 1. The van der Waals surface area contributed by atoms with Crippen molar-refractivity contribution in [2.45, 2.75) is 32.2 Å². The molecule has 2 aliphatic carbocycles. The van der Waals surface area contributed by atoms with E-state index in [9.17, 15) is 4.39 Å². The molecule has 2 saturated carbocycles. The molecule has 0 spiro atoms. The number of rotatable bonds is 3. The molecule has 0 amide bonds. The Morgan fingerprint density at radius 3 is 2.90 bits per heavy atom. The quantitative estimate of drug-likeness (QED) is 0.881. The molecule has 3 atom stereocenters. The molecule has 21 heavy (non-hydrogen) atoms. The van der Waals surface area contributed by atoms with Crippen molar-refractivity contribution in [3.05, 3.63) is 24.0 Å². The van der Waals surface area contributed by atoms with Gasteiger partial charge in [0.2, 0.25) is 0 Å². The first-order valence-electron chi connectivity index (χ1n) is 7.52. The number of tetrazole rings is 1. The van der Waals surface area contributed by atoms with Crippen LogP contribution in [0.25, 0.3) is 11.4 Å². The number of nitrogens with two attached hydrogens (primary N) is 1. The summed E-state index contributed by atoms with van der Waals surface area (Å²) < 4.78 is 15.0. The lowest BCUT2D eigenvalue weighted by Gasteiger charge is -2.21. The van der Waals surface area contributed by atoms with E-state index in [1.807, 2.05) is 4.68 Å². The van der Waals surface area contributed by atoms with Gasteiger partial charge in [0.25, 0.3) is 0 Å². The molecule has 2 aromatic rings. The van der Waals surface area contributed by atoms with E-state index in [4.69, 9.17) is 5.73 Å². The van der Waals surface area contributed by atoms with Crippen LogP contribution < -0.4 is 5.73 Å². The fraction of sp³-hybridized carbons (Fsp3) is 0.533. The highest BCUT2D eigenvalue weighted by molar-refractivity contribution is 5.71. The van der Waals surface area contributed by atoms with Crippen LogP contribution in [0.15, 0.2) is 18.2 Å². The fourth-order valence-electron chi connectivity index (χ4n) is 4.08. The van der Waals surface area contributed by atoms with Crippen molar-refractivity contribution in [3.63, 3.8) is 0 Å². The molecular weight excluding hydrogens is 269 g/mol. The average molecular weight is 287 g/mol. The Balaban J connectivity index is 1.61. The van der Waals surface area contributed by atoms with Gasteiger partial charge in [0.15, 0.2) is 5.82 Å². The van der Waals surface area contributed by atoms with Crippen LogP contribution in [0.4, 0.5) is 10.1 Å². The number of anilines is 1. The monoisotopic (exact) mass is 287 g/mol. The van der Waals surface area contributed by atoms with Crippen LogP contribution in [0.3, 0.4) is 0 Å². The van der Waals surface area contributed by atoms with Crippen molar-refractivity contribution in [3.8, 4) is 11.4 Å². The summed E-state index contributed by atoms with van der Waals surface area (Å²) in [6, 6.07) is 4.35.